The van der Waals surface area contributed by atoms with Gasteiger partial charge < -0.3 is 25.5 Å². The van der Waals surface area contributed by atoms with E-state index in [9.17, 15) is 9.59 Å². The van der Waals surface area contributed by atoms with Gasteiger partial charge in [0.1, 0.15) is 5.76 Å². The summed E-state index contributed by atoms with van der Waals surface area (Å²) in [5.41, 5.74) is 0. The molecule has 1 aromatic rings. The maximum Gasteiger partial charge on any atom is 0.371 e. The van der Waals surface area contributed by atoms with Crippen LogP contribution in [-0.2, 0) is 6.54 Å². The molecule has 0 aliphatic heterocycles. The van der Waals surface area contributed by atoms with Crippen molar-refractivity contribution in [2.24, 2.45) is 0 Å². The van der Waals surface area contributed by atoms with Crippen LogP contribution < -0.4 is 16.0 Å². The summed E-state index contributed by atoms with van der Waals surface area (Å²) < 4.78 is 4.99. The maximum absolute atomic E-state index is 11.3. The average molecular weight is 255 g/mol. The van der Waals surface area contributed by atoms with Crippen molar-refractivity contribution in [3.05, 3.63) is 23.7 Å². The van der Waals surface area contributed by atoms with Crippen LogP contribution in [0.25, 0.3) is 0 Å². The molecule has 7 nitrogen and oxygen atoms in total. The number of carboxylic acid groups (broad SMARTS) is 1. The lowest BCUT2D eigenvalue weighted by molar-refractivity contribution is 0.0660. The van der Waals surface area contributed by atoms with Gasteiger partial charge in [0, 0.05) is 6.54 Å². The smallest absolute Gasteiger partial charge is 0.371 e. The summed E-state index contributed by atoms with van der Waals surface area (Å²) in [6.07, 6.45) is 0.841. The molecule has 100 valence electrons. The van der Waals surface area contributed by atoms with Crippen molar-refractivity contribution >= 4 is 12.0 Å². The van der Waals surface area contributed by atoms with Gasteiger partial charge >= 0.3 is 12.0 Å². The highest BCUT2D eigenvalue weighted by Crippen LogP contribution is 2.07. The van der Waals surface area contributed by atoms with Crippen molar-refractivity contribution in [2.75, 3.05) is 20.1 Å². The summed E-state index contributed by atoms with van der Waals surface area (Å²) in [6.45, 7) is 1.57. The SMILES string of the molecule is CNCCCNC(=O)NCc1ccc(C(=O)O)o1. The first kappa shape index (κ1) is 14.0. The lowest BCUT2D eigenvalue weighted by Gasteiger charge is -2.05. The Morgan fingerprint density at radius 3 is 2.67 bits per heavy atom. The van der Waals surface area contributed by atoms with Crippen molar-refractivity contribution < 1.29 is 19.1 Å². The fourth-order valence-electron chi connectivity index (χ4n) is 1.28. The maximum atomic E-state index is 11.3. The summed E-state index contributed by atoms with van der Waals surface area (Å²) in [7, 11) is 1.84. The molecule has 4 N–H and O–H groups in total. The summed E-state index contributed by atoms with van der Waals surface area (Å²) in [4.78, 5) is 21.9. The highest BCUT2D eigenvalue weighted by molar-refractivity contribution is 5.84. The molecule has 0 radical (unpaired) electrons. The number of carbonyl (C=O) groups is 2. The predicted molar refractivity (Wildman–Crippen MR) is 64.4 cm³/mol. The zero-order valence-electron chi connectivity index (χ0n) is 10.2. The van der Waals surface area contributed by atoms with Crippen molar-refractivity contribution in [1.29, 1.82) is 0 Å². The summed E-state index contributed by atoms with van der Waals surface area (Å²) in [6, 6.07) is 2.56. The largest absolute Gasteiger partial charge is 0.475 e. The number of rotatable bonds is 7. The van der Waals surface area contributed by atoms with Crippen LogP contribution in [0.15, 0.2) is 16.5 Å². The van der Waals surface area contributed by atoms with E-state index in [-0.39, 0.29) is 18.3 Å². The number of urea groups is 1. The van der Waals surface area contributed by atoms with Crippen LogP contribution >= 0.6 is 0 Å². The number of hydrogen-bond donors (Lipinski definition) is 4. The van der Waals surface area contributed by atoms with Crippen LogP contribution in [0.2, 0.25) is 0 Å². The molecule has 7 heteroatoms. The van der Waals surface area contributed by atoms with E-state index in [1.165, 1.54) is 12.1 Å². The molecule has 0 fully saturated rings. The molecule has 0 aromatic carbocycles. The molecule has 0 bridgehead atoms. The predicted octanol–water partition coefficient (Wildman–Crippen LogP) is 0.386. The molecule has 0 saturated heterocycles. The number of hydrogen-bond acceptors (Lipinski definition) is 4. The third kappa shape index (κ3) is 4.88. The molecule has 0 saturated carbocycles. The molecule has 1 heterocycles. The molecule has 2 amide bonds. The fraction of sp³-hybridized carbons (Fsp3) is 0.455. The zero-order chi connectivity index (χ0) is 13.4. The van der Waals surface area contributed by atoms with Crippen molar-refractivity contribution in [1.82, 2.24) is 16.0 Å². The van der Waals surface area contributed by atoms with Gasteiger partial charge in [-0.1, -0.05) is 0 Å². The Balaban J connectivity index is 2.23. The number of furan rings is 1. The van der Waals surface area contributed by atoms with Crippen molar-refractivity contribution in [3.8, 4) is 0 Å². The normalized spacial score (nSPS) is 10.1. The van der Waals surface area contributed by atoms with Crippen molar-refractivity contribution in [3.63, 3.8) is 0 Å². The third-order valence-corrected chi connectivity index (χ3v) is 2.18. The van der Waals surface area contributed by atoms with E-state index in [1.54, 1.807) is 0 Å². The van der Waals surface area contributed by atoms with Gasteiger partial charge in [0.2, 0.25) is 5.76 Å². The van der Waals surface area contributed by atoms with Gasteiger partial charge in [0.15, 0.2) is 0 Å². The van der Waals surface area contributed by atoms with Gasteiger partial charge in [-0.25, -0.2) is 9.59 Å². The van der Waals surface area contributed by atoms with E-state index in [2.05, 4.69) is 16.0 Å². The second kappa shape index (κ2) is 7.33. The summed E-state index contributed by atoms with van der Waals surface area (Å²) in [5.74, 6) is -0.864. The van der Waals surface area contributed by atoms with Gasteiger partial charge in [0.05, 0.1) is 6.54 Å². The molecule has 1 rings (SSSR count). The molecule has 1 aromatic heterocycles. The Bertz CT molecular complexity index is 403. The quantitative estimate of drug-likeness (QED) is 0.528. The van der Waals surface area contributed by atoms with Gasteiger partial charge in [-0.15, -0.1) is 0 Å². The number of aromatic carboxylic acids is 1. The third-order valence-electron chi connectivity index (χ3n) is 2.18. The molecule has 18 heavy (non-hydrogen) atoms. The highest BCUT2D eigenvalue weighted by Gasteiger charge is 2.09. The number of nitrogens with one attached hydrogen (secondary N) is 3. The van der Waals surface area contributed by atoms with Crippen LogP contribution in [0.4, 0.5) is 4.79 Å². The Hall–Kier alpha value is -2.02. The van der Waals surface area contributed by atoms with Crippen LogP contribution in [0.1, 0.15) is 22.7 Å². The minimum atomic E-state index is -1.13. The van der Waals surface area contributed by atoms with Gasteiger partial charge in [-0.3, -0.25) is 0 Å². The standard InChI is InChI=1S/C11H17N3O4/c1-12-5-2-6-13-11(17)14-7-8-3-4-9(18-8)10(15)16/h3-4,12H,2,5-7H2,1H3,(H,15,16)(H2,13,14,17). The van der Waals surface area contributed by atoms with E-state index < -0.39 is 5.97 Å². The summed E-state index contributed by atoms with van der Waals surface area (Å²) >= 11 is 0. The van der Waals surface area contributed by atoms with E-state index in [1.807, 2.05) is 7.05 Å². The molecule has 0 spiro atoms. The van der Waals surface area contributed by atoms with Crippen LogP contribution in [0, 0.1) is 0 Å². The molecule has 0 atom stereocenters. The Kier molecular flexibility index (Phi) is 5.72. The zero-order valence-corrected chi connectivity index (χ0v) is 10.2. The van der Waals surface area contributed by atoms with E-state index in [0.29, 0.717) is 12.3 Å². The van der Waals surface area contributed by atoms with E-state index in [4.69, 9.17) is 9.52 Å². The monoisotopic (exact) mass is 255 g/mol. The first-order valence-electron chi connectivity index (χ1n) is 5.62. The summed E-state index contributed by atoms with van der Waals surface area (Å²) in [5, 5.41) is 16.9. The fourth-order valence-corrected chi connectivity index (χ4v) is 1.28. The molecule has 0 aliphatic carbocycles. The molecule has 0 aliphatic rings. The molecule has 0 unspecified atom stereocenters. The number of carboxylic acids is 1. The second-order valence-corrected chi connectivity index (χ2v) is 3.64. The first-order chi connectivity index (χ1) is 8.63. The van der Waals surface area contributed by atoms with Crippen LogP contribution in [0.3, 0.4) is 0 Å². The lowest BCUT2D eigenvalue weighted by Crippen LogP contribution is -2.36. The van der Waals surface area contributed by atoms with Crippen molar-refractivity contribution in [2.45, 2.75) is 13.0 Å². The van der Waals surface area contributed by atoms with E-state index in [0.717, 1.165) is 13.0 Å². The average Bonchev–Trinajstić information content (AvgIpc) is 2.81. The topological polar surface area (TPSA) is 104 Å². The van der Waals surface area contributed by atoms with Gasteiger partial charge in [-0.05, 0) is 32.1 Å². The van der Waals surface area contributed by atoms with E-state index >= 15 is 0 Å². The molecular formula is C11H17N3O4. The Morgan fingerprint density at radius 1 is 1.28 bits per heavy atom. The van der Waals surface area contributed by atoms with Crippen LogP contribution in [0.5, 0.6) is 0 Å². The Labute approximate surface area is 105 Å². The van der Waals surface area contributed by atoms with Gasteiger partial charge in [-0.2, -0.15) is 0 Å². The minimum Gasteiger partial charge on any atom is -0.475 e. The second-order valence-electron chi connectivity index (χ2n) is 3.64. The first-order valence-corrected chi connectivity index (χ1v) is 5.62. The number of carbonyl (C=O) groups excluding carboxylic acids is 1. The highest BCUT2D eigenvalue weighted by atomic mass is 16.4. The molecular weight excluding hydrogens is 238 g/mol. The number of amides is 2. The van der Waals surface area contributed by atoms with Gasteiger partial charge in [0.25, 0.3) is 0 Å². The Morgan fingerprint density at radius 2 is 2.06 bits per heavy atom. The minimum absolute atomic E-state index is 0.138. The lowest BCUT2D eigenvalue weighted by atomic mass is 10.4. The van der Waals surface area contributed by atoms with Crippen LogP contribution in [-0.4, -0.2) is 37.2 Å².